The van der Waals surface area contributed by atoms with Gasteiger partial charge in [0.2, 0.25) is 5.79 Å². The molecule has 0 unspecified atom stereocenters. The Bertz CT molecular complexity index is 1800. The molecular weight excluding hydrogens is 839 g/mol. The van der Waals surface area contributed by atoms with E-state index in [9.17, 15) is 29.4 Å². The molecule has 64 heavy (non-hydrogen) atoms. The van der Waals surface area contributed by atoms with Crippen LogP contribution in [-0.4, -0.2) is 127 Å². The second kappa shape index (κ2) is 23.6. The number of carbonyl (C=O) groups is 4. The fourth-order valence-corrected chi connectivity index (χ4v) is 10.7. The first-order valence-electron chi connectivity index (χ1n) is 23.4. The first-order chi connectivity index (χ1) is 30.5. The molecule has 0 aromatic heterocycles. The van der Waals surface area contributed by atoms with E-state index in [1.807, 2.05) is 57.4 Å². The number of cyclic esters (lactones) is 1. The Morgan fingerprint density at radius 2 is 1.58 bits per heavy atom. The Morgan fingerprint density at radius 1 is 0.906 bits per heavy atom. The molecule has 1 saturated carbocycles. The van der Waals surface area contributed by atoms with Crippen LogP contribution >= 0.6 is 11.8 Å². The first kappa shape index (κ1) is 51.9. The summed E-state index contributed by atoms with van der Waals surface area (Å²) in [5.74, 6) is -6.66. The molecule has 14 atom stereocenters. The van der Waals surface area contributed by atoms with Crippen LogP contribution in [0.15, 0.2) is 52.5 Å². The molecule has 0 spiro atoms. The Labute approximate surface area is 385 Å². The van der Waals surface area contributed by atoms with Gasteiger partial charge in [-0.2, -0.15) is 0 Å². The van der Waals surface area contributed by atoms with Gasteiger partial charge in [-0.25, -0.2) is 4.79 Å². The highest BCUT2D eigenvalue weighted by atomic mass is 32.2. The molecule has 4 aliphatic rings. The number of hydrogen-bond donors (Lipinski definition) is 2. The van der Waals surface area contributed by atoms with Gasteiger partial charge in [-0.05, 0) is 126 Å². The van der Waals surface area contributed by atoms with Crippen LogP contribution in [0.2, 0.25) is 0 Å². The minimum Gasteiger partial charge on any atom is -0.488 e. The number of ether oxygens (including phenoxy) is 6. The van der Waals surface area contributed by atoms with Gasteiger partial charge in [-0.15, -0.1) is 11.8 Å². The lowest BCUT2D eigenvalue weighted by atomic mass is 9.81. The molecule has 1 aromatic carbocycles. The topological polar surface area (TPSA) is 167 Å². The van der Waals surface area contributed by atoms with Crippen LogP contribution < -0.4 is 4.74 Å². The Morgan fingerprint density at radius 3 is 2.22 bits per heavy atom. The number of Topliss-reactive ketones (excluding diaryl/α,β-unsaturated/α-hetero) is 2. The molecule has 2 saturated heterocycles. The maximum absolute atomic E-state index is 14.5. The smallest absolute Gasteiger partial charge is 0.329 e. The van der Waals surface area contributed by atoms with Crippen molar-refractivity contribution in [3.05, 3.63) is 47.6 Å². The molecular formula is C50H75NO12S. The van der Waals surface area contributed by atoms with E-state index in [0.717, 1.165) is 29.1 Å². The number of ketones is 2. The summed E-state index contributed by atoms with van der Waals surface area (Å²) in [5, 5.41) is 23.9. The summed E-state index contributed by atoms with van der Waals surface area (Å²) < 4.78 is 36.8. The summed E-state index contributed by atoms with van der Waals surface area (Å²) in [6, 6.07) is 6.87. The summed E-state index contributed by atoms with van der Waals surface area (Å²) in [6.07, 6.45) is 6.79. The predicted molar refractivity (Wildman–Crippen MR) is 245 cm³/mol. The first-order valence-corrected chi connectivity index (χ1v) is 24.6. The summed E-state index contributed by atoms with van der Waals surface area (Å²) in [5.41, 5.74) is 1.70. The maximum atomic E-state index is 14.5. The number of piperidine rings is 1. The van der Waals surface area contributed by atoms with Crippen LogP contribution in [-0.2, 0) is 42.9 Å². The SMILES string of the molecule is CC[C@@H]1/C=C(\C)C[C@H](C)C[C@H](OC)[C@H]2O[C@@](O)(C(=O)C(=O)N3CCCC[C@H]3C(=O)O[C@H](/C(C)=C/[C@@H]3CC[C@@H](Oc4ccc(SC)cc4)[C@H](OC)C3)[C@H](C)[C@@H](O)CC1=O)[C@H](C)C[C@@H]2OC. The number of amides is 1. The number of benzene rings is 1. The largest absolute Gasteiger partial charge is 0.488 e. The fourth-order valence-electron chi connectivity index (χ4n) is 10.3. The Balaban J connectivity index is 1.48. The second-order valence-corrected chi connectivity index (χ2v) is 19.8. The summed E-state index contributed by atoms with van der Waals surface area (Å²) in [6.45, 7) is 11.4. The number of allylic oxidation sites excluding steroid dienone is 3. The van der Waals surface area contributed by atoms with Crippen molar-refractivity contribution in [2.45, 2.75) is 172 Å². The number of methoxy groups -OCH3 is 3. The van der Waals surface area contributed by atoms with Crippen LogP contribution in [0, 0.1) is 29.6 Å². The van der Waals surface area contributed by atoms with Gasteiger partial charge in [-0.3, -0.25) is 14.4 Å². The minimum atomic E-state index is -2.50. The van der Waals surface area contributed by atoms with Crippen LogP contribution in [0.25, 0.3) is 0 Å². The molecule has 1 aliphatic carbocycles. The third-order valence-corrected chi connectivity index (χ3v) is 15.0. The van der Waals surface area contributed by atoms with Gasteiger partial charge in [0.1, 0.15) is 35.9 Å². The predicted octanol–water partition coefficient (Wildman–Crippen LogP) is 7.28. The highest BCUT2D eigenvalue weighted by molar-refractivity contribution is 7.98. The number of nitrogens with zero attached hydrogens (tertiary/aromatic N) is 1. The third kappa shape index (κ3) is 12.5. The van der Waals surface area contributed by atoms with E-state index in [2.05, 4.69) is 13.0 Å². The van der Waals surface area contributed by atoms with Crippen LogP contribution in [0.5, 0.6) is 5.75 Å². The quantitative estimate of drug-likeness (QED) is 0.110. The number of aliphatic hydroxyl groups excluding tert-OH is 1. The van der Waals surface area contributed by atoms with Crippen LogP contribution in [0.4, 0.5) is 0 Å². The Hall–Kier alpha value is -3.11. The van der Waals surface area contributed by atoms with Crippen molar-refractivity contribution in [3.8, 4) is 5.75 Å². The van der Waals surface area contributed by atoms with E-state index >= 15 is 0 Å². The van der Waals surface area contributed by atoms with E-state index in [1.165, 1.54) is 12.0 Å². The minimum absolute atomic E-state index is 0.0290. The molecule has 1 aromatic rings. The molecule has 2 bridgehead atoms. The zero-order chi connectivity index (χ0) is 46.9. The zero-order valence-electron chi connectivity index (χ0n) is 39.8. The number of carbonyl (C=O) groups excluding carboxylic acids is 4. The maximum Gasteiger partial charge on any atom is 0.329 e. The van der Waals surface area contributed by atoms with Crippen molar-refractivity contribution in [1.29, 1.82) is 0 Å². The average molecular weight is 914 g/mol. The molecule has 5 rings (SSSR count). The summed E-state index contributed by atoms with van der Waals surface area (Å²) in [4.78, 5) is 59.5. The van der Waals surface area contributed by atoms with Crippen molar-refractivity contribution < 1.29 is 57.8 Å². The molecule has 358 valence electrons. The average Bonchev–Trinajstić information content (AvgIpc) is 3.29. The lowest BCUT2D eigenvalue weighted by Gasteiger charge is -2.47. The standard InChI is InChI=1S/C50H75NO12S/c1-11-35-23-29(2)22-30(3)24-43(59-8)46-44(60-9)26-32(5)50(57,63-46)47(54)48(55)51-21-13-12-14-38(51)49(56)62-45(33(6)39(52)28-40(35)53)31(4)25-34-15-20-41(42(27-34)58-7)61-36-16-18-37(64-10)19-17-36/h16-19,23,25,30,32-35,38-39,41-46,52,57H,11-15,20-22,24,26-28H2,1-10H3/b29-23+,31-25+/t30-,32+,33+,34-,35+,38-,39-,41+,42+,43-,44-,45+,46+,50+/m0/s1. The van der Waals surface area contributed by atoms with Gasteiger partial charge < -0.3 is 43.5 Å². The van der Waals surface area contributed by atoms with E-state index in [-0.39, 0.29) is 55.6 Å². The molecule has 13 nitrogen and oxygen atoms in total. The van der Waals surface area contributed by atoms with Gasteiger partial charge in [-0.1, -0.05) is 45.4 Å². The number of aliphatic hydroxyl groups is 2. The molecule has 0 radical (unpaired) electrons. The highest BCUT2D eigenvalue weighted by Crippen LogP contribution is 2.40. The highest BCUT2D eigenvalue weighted by Gasteiger charge is 2.56. The van der Waals surface area contributed by atoms with Gasteiger partial charge in [0.05, 0.1) is 24.4 Å². The normalized spacial score (nSPS) is 37.8. The molecule has 3 aliphatic heterocycles. The Kier molecular flexibility index (Phi) is 19.1. The van der Waals surface area contributed by atoms with Crippen LogP contribution in [0.1, 0.15) is 112 Å². The van der Waals surface area contributed by atoms with Crippen molar-refractivity contribution in [1.82, 2.24) is 4.90 Å². The fraction of sp³-hybridized carbons (Fsp3) is 0.720. The van der Waals surface area contributed by atoms with Gasteiger partial charge >= 0.3 is 5.97 Å². The lowest BCUT2D eigenvalue weighted by Crippen LogP contribution is -2.64. The number of fused-ring (bicyclic) bond motifs is 3. The third-order valence-electron chi connectivity index (χ3n) is 14.2. The molecule has 3 heterocycles. The van der Waals surface area contributed by atoms with Gasteiger partial charge in [0.15, 0.2) is 0 Å². The number of thioether (sulfide) groups is 1. The van der Waals surface area contributed by atoms with E-state index < -0.39 is 77.8 Å². The van der Waals surface area contributed by atoms with E-state index in [4.69, 9.17) is 28.4 Å². The van der Waals surface area contributed by atoms with Crippen molar-refractivity contribution in [2.75, 3.05) is 34.1 Å². The zero-order valence-corrected chi connectivity index (χ0v) is 40.6. The van der Waals surface area contributed by atoms with E-state index in [1.54, 1.807) is 39.8 Å². The molecule has 1 amide bonds. The van der Waals surface area contributed by atoms with Crippen molar-refractivity contribution in [3.63, 3.8) is 0 Å². The van der Waals surface area contributed by atoms with Gasteiger partial charge in [0, 0.05) is 56.9 Å². The van der Waals surface area contributed by atoms with Crippen molar-refractivity contribution in [2.24, 2.45) is 29.6 Å². The number of rotatable bonds is 9. The summed E-state index contributed by atoms with van der Waals surface area (Å²) in [7, 11) is 4.76. The number of esters is 1. The van der Waals surface area contributed by atoms with Crippen LogP contribution in [0.3, 0.4) is 0 Å². The van der Waals surface area contributed by atoms with Gasteiger partial charge in [0.25, 0.3) is 11.7 Å². The second-order valence-electron chi connectivity index (χ2n) is 18.9. The monoisotopic (exact) mass is 914 g/mol. The molecule has 14 heteroatoms. The lowest BCUT2D eigenvalue weighted by molar-refractivity contribution is -0.302. The number of hydrogen-bond acceptors (Lipinski definition) is 13. The van der Waals surface area contributed by atoms with E-state index in [0.29, 0.717) is 44.1 Å². The summed E-state index contributed by atoms with van der Waals surface area (Å²) >= 11 is 1.67. The van der Waals surface area contributed by atoms with Crippen molar-refractivity contribution >= 4 is 35.2 Å². The molecule has 3 fully saturated rings. The molecule has 2 N–H and O–H groups in total.